The maximum atomic E-state index is 12.4. The van der Waals surface area contributed by atoms with Crippen LogP contribution in [0.15, 0.2) is 78.9 Å². The molecule has 1 unspecified atom stereocenters. The molecule has 0 fully saturated rings. The molecule has 0 aliphatic rings. The predicted octanol–water partition coefficient (Wildman–Crippen LogP) is 3.96. The van der Waals surface area contributed by atoms with Crippen LogP contribution >= 0.6 is 0 Å². The monoisotopic (exact) mass is 449 g/mol. The molecule has 172 valence electrons. The summed E-state index contributed by atoms with van der Waals surface area (Å²) in [5.41, 5.74) is 2.20. The van der Waals surface area contributed by atoms with Crippen LogP contribution in [0.2, 0.25) is 0 Å². The summed E-state index contributed by atoms with van der Waals surface area (Å²) in [6.07, 6.45) is 0.344. The van der Waals surface area contributed by atoms with Gasteiger partial charge in [0.1, 0.15) is 11.5 Å². The molecule has 33 heavy (non-hydrogen) atoms. The first-order valence-electron chi connectivity index (χ1n) is 11.0. The molecule has 6 nitrogen and oxygen atoms in total. The Morgan fingerprint density at radius 3 is 1.88 bits per heavy atom. The third-order valence-corrected chi connectivity index (χ3v) is 4.98. The van der Waals surface area contributed by atoms with Gasteiger partial charge in [0, 0.05) is 35.4 Å². The minimum absolute atomic E-state index is 0.0127. The van der Waals surface area contributed by atoms with Crippen molar-refractivity contribution in [2.75, 3.05) is 19.8 Å². The minimum Gasteiger partial charge on any atom is -0.563 e. The first kappa shape index (κ1) is 24.0. The van der Waals surface area contributed by atoms with Gasteiger partial charge in [-0.15, -0.1) is 0 Å². The Balaban J connectivity index is 1.38. The molecule has 6 heteroatoms. The molecule has 0 amide bonds. The number of ketones is 1. The second-order valence-corrected chi connectivity index (χ2v) is 7.43. The quantitative estimate of drug-likeness (QED) is 0.224. The predicted molar refractivity (Wildman–Crippen MR) is 126 cm³/mol. The highest BCUT2D eigenvalue weighted by Crippen LogP contribution is 2.17. The van der Waals surface area contributed by atoms with Gasteiger partial charge in [0.05, 0.1) is 13.2 Å². The molecule has 0 saturated heterocycles. The molecule has 3 aromatic carbocycles. The Morgan fingerprint density at radius 1 is 0.788 bits per heavy atom. The van der Waals surface area contributed by atoms with E-state index in [4.69, 9.17) is 19.3 Å². The normalized spacial score (nSPS) is 11.5. The zero-order chi connectivity index (χ0) is 23.5. The van der Waals surface area contributed by atoms with Crippen molar-refractivity contribution in [2.24, 2.45) is 0 Å². The molecule has 0 heterocycles. The molecule has 0 aliphatic heterocycles. The minimum atomic E-state index is -0.732. The van der Waals surface area contributed by atoms with E-state index in [0.29, 0.717) is 49.5 Å². The maximum Gasteiger partial charge on any atom is 0.545 e. The van der Waals surface area contributed by atoms with E-state index < -0.39 is 12.1 Å². The molecule has 2 N–H and O–H groups in total. The van der Waals surface area contributed by atoms with E-state index in [9.17, 15) is 9.59 Å². The zero-order valence-electron chi connectivity index (χ0n) is 18.7. The lowest BCUT2D eigenvalue weighted by Gasteiger charge is -2.11. The van der Waals surface area contributed by atoms with E-state index in [1.807, 2.05) is 42.5 Å². The fourth-order valence-electron chi connectivity index (χ4n) is 3.26. The van der Waals surface area contributed by atoms with Crippen LogP contribution in [0.1, 0.15) is 34.8 Å². The number of benzene rings is 3. The van der Waals surface area contributed by atoms with Crippen LogP contribution in [0.4, 0.5) is 0 Å². The Kier molecular flexibility index (Phi) is 9.03. The van der Waals surface area contributed by atoms with Gasteiger partial charge in [0.25, 0.3) is 0 Å². The summed E-state index contributed by atoms with van der Waals surface area (Å²) in [4.78, 5) is 23.7. The van der Waals surface area contributed by atoms with E-state index in [0.717, 1.165) is 11.3 Å². The van der Waals surface area contributed by atoms with Crippen molar-refractivity contribution in [1.82, 2.24) is 0 Å². The summed E-state index contributed by atoms with van der Waals surface area (Å²) in [6.45, 7) is 3.19. The second-order valence-electron chi connectivity index (χ2n) is 7.43. The van der Waals surface area contributed by atoms with Gasteiger partial charge in [-0.25, -0.2) is 0 Å². The average Bonchev–Trinajstić information content (AvgIpc) is 2.85. The van der Waals surface area contributed by atoms with Crippen LogP contribution in [0.3, 0.4) is 0 Å². The van der Waals surface area contributed by atoms with E-state index >= 15 is 0 Å². The number of ether oxygens (including phenoxy) is 3. The molecule has 0 aliphatic carbocycles. The van der Waals surface area contributed by atoms with Crippen LogP contribution in [0.5, 0.6) is 11.5 Å². The van der Waals surface area contributed by atoms with Crippen LogP contribution in [-0.4, -0.2) is 42.8 Å². The Labute approximate surface area is 193 Å². The van der Waals surface area contributed by atoms with E-state index in [-0.39, 0.29) is 5.78 Å². The highest BCUT2D eigenvalue weighted by Gasteiger charge is 2.25. The smallest absolute Gasteiger partial charge is 0.545 e. The Hall–Kier alpha value is -3.64. The summed E-state index contributed by atoms with van der Waals surface area (Å²) < 4.78 is 16.8. The van der Waals surface area contributed by atoms with Gasteiger partial charge in [-0.05, 0) is 48.9 Å². The van der Waals surface area contributed by atoms with Gasteiger partial charge in [0.15, 0.2) is 5.78 Å². The van der Waals surface area contributed by atoms with Gasteiger partial charge in [-0.1, -0.05) is 42.5 Å². The molecule has 3 aromatic rings. The fraction of sp³-hybridized carbons (Fsp3) is 0.259. The molecular formula is C27H29O6+. The van der Waals surface area contributed by atoms with Crippen molar-refractivity contribution in [3.8, 4) is 11.5 Å². The van der Waals surface area contributed by atoms with E-state index in [2.05, 4.69) is 0 Å². The third kappa shape index (κ3) is 7.47. The molecule has 1 atom stereocenters. The lowest BCUT2D eigenvalue weighted by molar-refractivity contribution is -0.149. The van der Waals surface area contributed by atoms with Gasteiger partial charge in [-0.2, -0.15) is 0 Å². The Bertz CT molecular complexity index is 1010. The van der Waals surface area contributed by atoms with Crippen molar-refractivity contribution in [3.63, 3.8) is 0 Å². The molecule has 0 spiro atoms. The number of carbonyl (C=O) groups excluding carboxylic acids is 2. The fourth-order valence-corrected chi connectivity index (χ4v) is 3.26. The van der Waals surface area contributed by atoms with E-state index in [1.54, 1.807) is 43.3 Å². The summed E-state index contributed by atoms with van der Waals surface area (Å²) in [6, 6.07) is 23.8. The van der Waals surface area contributed by atoms with Crippen molar-refractivity contribution < 1.29 is 28.9 Å². The van der Waals surface area contributed by atoms with Crippen LogP contribution in [0, 0.1) is 0 Å². The van der Waals surface area contributed by atoms with Crippen molar-refractivity contribution >= 4 is 11.8 Å². The van der Waals surface area contributed by atoms with Gasteiger partial charge in [-0.3, -0.25) is 4.79 Å². The van der Waals surface area contributed by atoms with Crippen molar-refractivity contribution in [1.29, 1.82) is 0 Å². The molecular weight excluding hydrogens is 420 g/mol. The summed E-state index contributed by atoms with van der Waals surface area (Å²) in [5.74, 6) is 0.709. The maximum absolute atomic E-state index is 12.4. The topological polar surface area (TPSA) is 84.7 Å². The zero-order valence-corrected chi connectivity index (χ0v) is 18.7. The lowest BCUT2D eigenvalue weighted by atomic mass is 10.0. The standard InChI is InChI=1S/C27H28O6/c1-2-31-25(27(29)30)19-20-9-13-23(14-10-20)32-17-6-18-33-24-15-11-22(12-16-24)26(28)21-7-4-3-5-8-21/h3-5,7-16,25H,2,6,17-19H2,1H3,(H,29,30)/p+1. The van der Waals surface area contributed by atoms with Gasteiger partial charge >= 0.3 is 5.97 Å². The number of hydrogen-bond donors (Lipinski definition) is 0. The summed E-state index contributed by atoms with van der Waals surface area (Å²) >= 11 is 0. The summed E-state index contributed by atoms with van der Waals surface area (Å²) in [7, 11) is 0. The lowest BCUT2D eigenvalue weighted by Crippen LogP contribution is -2.26. The van der Waals surface area contributed by atoms with E-state index in [1.165, 1.54) is 0 Å². The average molecular weight is 450 g/mol. The van der Waals surface area contributed by atoms with Crippen LogP contribution < -0.4 is 9.47 Å². The highest BCUT2D eigenvalue weighted by molar-refractivity contribution is 6.08. The second kappa shape index (κ2) is 12.4. The number of rotatable bonds is 13. The van der Waals surface area contributed by atoms with Crippen molar-refractivity contribution in [3.05, 3.63) is 95.6 Å². The molecule has 0 radical (unpaired) electrons. The highest BCUT2D eigenvalue weighted by atomic mass is 16.5. The van der Waals surface area contributed by atoms with Gasteiger partial charge in [0.2, 0.25) is 6.10 Å². The van der Waals surface area contributed by atoms with Gasteiger partial charge < -0.3 is 19.3 Å². The first-order valence-corrected chi connectivity index (χ1v) is 11.0. The molecule has 0 saturated carbocycles. The number of hydrogen-bond acceptors (Lipinski definition) is 5. The SMILES string of the molecule is CCOC(Cc1ccc(OCCCOc2ccc(C(=O)c3ccccc3)cc2)cc1)C(=O)[OH2+]. The molecule has 0 bridgehead atoms. The summed E-state index contributed by atoms with van der Waals surface area (Å²) in [5, 5.41) is 7.27. The molecule has 3 rings (SSSR count). The van der Waals surface area contributed by atoms with Crippen LogP contribution in [-0.2, 0) is 16.0 Å². The molecule has 0 aromatic heterocycles. The van der Waals surface area contributed by atoms with Crippen molar-refractivity contribution in [2.45, 2.75) is 25.9 Å². The Morgan fingerprint density at radius 2 is 1.33 bits per heavy atom. The largest absolute Gasteiger partial charge is 0.563 e. The number of carbonyl (C=O) groups is 2. The first-order chi connectivity index (χ1) is 16.1. The third-order valence-electron chi connectivity index (χ3n) is 4.98. The van der Waals surface area contributed by atoms with Crippen LogP contribution in [0.25, 0.3) is 0 Å².